The molecule has 0 unspecified atom stereocenters. The van der Waals surface area contributed by atoms with Crippen LogP contribution in [0, 0.1) is 10.1 Å². The largest absolute Gasteiger partial charge is 0.352 e. The van der Waals surface area contributed by atoms with Crippen molar-refractivity contribution in [3.63, 3.8) is 0 Å². The molecule has 0 bridgehead atoms. The zero-order chi connectivity index (χ0) is 17.6. The number of rotatable bonds is 2. The predicted molar refractivity (Wildman–Crippen MR) is 99.8 cm³/mol. The summed E-state index contributed by atoms with van der Waals surface area (Å²) >= 11 is 4.41. The van der Waals surface area contributed by atoms with Crippen LogP contribution >= 0.6 is 27.7 Å². The van der Waals surface area contributed by atoms with Gasteiger partial charge >= 0.3 is 4.45 Å². The molecule has 0 spiro atoms. The highest BCUT2D eigenvalue weighted by Gasteiger charge is 2.60. The van der Waals surface area contributed by atoms with Crippen LogP contribution < -0.4 is 0 Å². The molecule has 2 atom stereocenters. The molecule has 5 nitrogen and oxygen atoms in total. The van der Waals surface area contributed by atoms with Gasteiger partial charge in [-0.25, -0.2) is 4.98 Å². The molecule has 7 heteroatoms. The lowest BCUT2D eigenvalue weighted by molar-refractivity contribution is -0.517. The summed E-state index contributed by atoms with van der Waals surface area (Å²) in [6, 6.07) is 18.1. The van der Waals surface area contributed by atoms with Gasteiger partial charge in [-0.1, -0.05) is 60.3 Å². The first-order chi connectivity index (χ1) is 12.0. The first-order valence-electron chi connectivity index (χ1n) is 7.51. The van der Waals surface area contributed by atoms with E-state index in [0.29, 0.717) is 10.6 Å². The molecule has 0 radical (unpaired) electrons. The SMILES string of the molecule is O=C1c2cc3ccccc3nc2S[C@H](c2ccccc2)[C@@]1(Br)[N+](=O)[O-]. The second-order valence-electron chi connectivity index (χ2n) is 5.70. The number of pyridine rings is 1. The number of thioether (sulfide) groups is 1. The summed E-state index contributed by atoms with van der Waals surface area (Å²) in [5.41, 5.74) is 1.75. The fourth-order valence-electron chi connectivity index (χ4n) is 2.94. The predicted octanol–water partition coefficient (Wildman–Crippen LogP) is 4.63. The zero-order valence-corrected chi connectivity index (χ0v) is 15.2. The minimum atomic E-state index is -1.92. The second-order valence-corrected chi connectivity index (χ2v) is 8.00. The summed E-state index contributed by atoms with van der Waals surface area (Å²) in [6.45, 7) is 0. The van der Waals surface area contributed by atoms with E-state index in [9.17, 15) is 14.9 Å². The number of Topliss-reactive ketones (excluding diaryl/α,β-unsaturated/α-hetero) is 1. The molecule has 0 N–H and O–H groups in total. The van der Waals surface area contributed by atoms with Crippen molar-refractivity contribution in [1.82, 2.24) is 4.98 Å². The first-order valence-corrected chi connectivity index (χ1v) is 9.18. The summed E-state index contributed by atoms with van der Waals surface area (Å²) in [4.78, 5) is 28.9. The Kier molecular flexibility index (Phi) is 3.85. The summed E-state index contributed by atoms with van der Waals surface area (Å²) in [5, 5.41) is 12.4. The Labute approximate surface area is 155 Å². The number of ketones is 1. The Morgan fingerprint density at radius 1 is 1.12 bits per heavy atom. The quantitative estimate of drug-likeness (QED) is 0.264. The Bertz CT molecular complexity index is 1010. The third-order valence-electron chi connectivity index (χ3n) is 4.20. The van der Waals surface area contributed by atoms with Gasteiger partial charge in [-0.3, -0.25) is 14.9 Å². The van der Waals surface area contributed by atoms with Gasteiger partial charge in [0.2, 0.25) is 0 Å². The van der Waals surface area contributed by atoms with Gasteiger partial charge in [-0.15, -0.1) is 0 Å². The van der Waals surface area contributed by atoms with Crippen LogP contribution in [0.3, 0.4) is 0 Å². The molecule has 0 saturated carbocycles. The number of aromatic nitrogens is 1. The minimum absolute atomic E-state index is 0.282. The van der Waals surface area contributed by atoms with Crippen molar-refractivity contribution in [2.45, 2.75) is 14.7 Å². The van der Waals surface area contributed by atoms with Crippen LogP contribution in [0.5, 0.6) is 0 Å². The van der Waals surface area contributed by atoms with Gasteiger partial charge in [0.05, 0.1) is 11.1 Å². The fourth-order valence-corrected chi connectivity index (χ4v) is 5.00. The van der Waals surface area contributed by atoms with E-state index in [1.54, 1.807) is 30.3 Å². The maximum absolute atomic E-state index is 13.1. The van der Waals surface area contributed by atoms with E-state index >= 15 is 0 Å². The monoisotopic (exact) mass is 414 g/mol. The van der Waals surface area contributed by atoms with E-state index in [4.69, 9.17) is 0 Å². The molecular formula is C18H11BrN2O3S. The van der Waals surface area contributed by atoms with Gasteiger partial charge < -0.3 is 0 Å². The van der Waals surface area contributed by atoms with Crippen LogP contribution in [0.15, 0.2) is 65.7 Å². The van der Waals surface area contributed by atoms with Crippen LogP contribution in [-0.2, 0) is 0 Å². The van der Waals surface area contributed by atoms with Gasteiger partial charge in [-0.2, -0.15) is 0 Å². The summed E-state index contributed by atoms with van der Waals surface area (Å²) in [5.74, 6) is -0.571. The Balaban J connectivity index is 1.95. The molecule has 1 aromatic heterocycles. The average molecular weight is 415 g/mol. The third kappa shape index (κ3) is 2.46. The van der Waals surface area contributed by atoms with Crippen molar-refractivity contribution in [2.75, 3.05) is 0 Å². The van der Waals surface area contributed by atoms with Crippen LogP contribution in [-0.4, -0.2) is 20.1 Å². The topological polar surface area (TPSA) is 73.1 Å². The lowest BCUT2D eigenvalue weighted by Gasteiger charge is -2.31. The number of nitro groups is 1. The Morgan fingerprint density at radius 3 is 2.52 bits per heavy atom. The van der Waals surface area contributed by atoms with E-state index in [-0.39, 0.29) is 5.56 Å². The molecule has 2 heterocycles. The van der Waals surface area contributed by atoms with Crippen LogP contribution in [0.2, 0.25) is 0 Å². The van der Waals surface area contributed by atoms with Crippen LogP contribution in [0.4, 0.5) is 0 Å². The van der Waals surface area contributed by atoms with E-state index in [0.717, 1.165) is 10.9 Å². The van der Waals surface area contributed by atoms with E-state index in [2.05, 4.69) is 20.9 Å². The summed E-state index contributed by atoms with van der Waals surface area (Å²) in [6.07, 6.45) is 0. The van der Waals surface area contributed by atoms with Gasteiger partial charge in [0.1, 0.15) is 10.3 Å². The number of alkyl halides is 1. The Morgan fingerprint density at radius 2 is 1.80 bits per heavy atom. The van der Waals surface area contributed by atoms with Gasteiger partial charge in [0, 0.05) is 26.2 Å². The standard InChI is InChI=1S/C18H11BrN2O3S/c19-18(21(23)24)15(22)13-10-12-8-4-5-9-14(12)20-17(13)25-16(18)11-6-2-1-3-7-11/h1-10,16H/t16-,18+/m1/s1. The molecule has 1 aliphatic rings. The molecule has 2 aromatic carbocycles. The van der Waals surface area contributed by atoms with Crippen molar-refractivity contribution in [2.24, 2.45) is 0 Å². The van der Waals surface area contributed by atoms with Crippen molar-refractivity contribution in [3.8, 4) is 0 Å². The van der Waals surface area contributed by atoms with Gasteiger partial charge in [-0.05, 0) is 17.7 Å². The lowest BCUT2D eigenvalue weighted by atomic mass is 9.96. The van der Waals surface area contributed by atoms with Crippen LogP contribution in [0.25, 0.3) is 10.9 Å². The van der Waals surface area contributed by atoms with Crippen LogP contribution in [0.1, 0.15) is 21.2 Å². The van der Waals surface area contributed by atoms with Crippen molar-refractivity contribution in [1.29, 1.82) is 0 Å². The number of hydrogen-bond donors (Lipinski definition) is 0. The maximum Gasteiger partial charge on any atom is 0.352 e. The molecule has 0 fully saturated rings. The number of hydrogen-bond acceptors (Lipinski definition) is 5. The summed E-state index contributed by atoms with van der Waals surface area (Å²) in [7, 11) is 0. The van der Waals surface area contributed by atoms with Gasteiger partial charge in [0.25, 0.3) is 5.78 Å². The number of benzene rings is 2. The number of para-hydroxylation sites is 1. The Hall–Kier alpha value is -2.25. The molecule has 4 rings (SSSR count). The second kappa shape index (κ2) is 5.93. The van der Waals surface area contributed by atoms with Crippen molar-refractivity contribution >= 4 is 44.4 Å². The molecule has 0 amide bonds. The zero-order valence-electron chi connectivity index (χ0n) is 12.8. The lowest BCUT2D eigenvalue weighted by Crippen LogP contribution is -2.47. The highest BCUT2D eigenvalue weighted by Crippen LogP contribution is 2.53. The highest BCUT2D eigenvalue weighted by atomic mass is 79.9. The van der Waals surface area contributed by atoms with Gasteiger partial charge in [0.15, 0.2) is 0 Å². The van der Waals surface area contributed by atoms with Crippen molar-refractivity contribution in [3.05, 3.63) is 81.9 Å². The maximum atomic E-state index is 13.1. The molecule has 3 aromatic rings. The number of carbonyl (C=O) groups excluding carboxylic acids is 1. The molecular weight excluding hydrogens is 404 g/mol. The highest BCUT2D eigenvalue weighted by molar-refractivity contribution is 9.10. The van der Waals surface area contributed by atoms with Crippen molar-refractivity contribution < 1.29 is 9.72 Å². The molecule has 25 heavy (non-hydrogen) atoms. The molecule has 1 aliphatic heterocycles. The molecule has 124 valence electrons. The number of carbonyl (C=O) groups is 1. The van der Waals surface area contributed by atoms with E-state index in [1.165, 1.54) is 11.8 Å². The summed E-state index contributed by atoms with van der Waals surface area (Å²) < 4.78 is -1.92. The molecule has 0 aliphatic carbocycles. The molecule has 0 saturated heterocycles. The number of halogens is 1. The average Bonchev–Trinajstić information content (AvgIpc) is 2.64. The normalized spacial score (nSPS) is 22.6. The van der Waals surface area contributed by atoms with E-state index < -0.39 is 20.4 Å². The first kappa shape index (κ1) is 16.2. The minimum Gasteiger partial charge on any atom is -0.285 e. The fraction of sp³-hybridized carbons (Fsp3) is 0.111. The number of fused-ring (bicyclic) bond motifs is 2. The third-order valence-corrected chi connectivity index (χ3v) is 6.99. The number of nitrogens with zero attached hydrogens (tertiary/aromatic N) is 2. The smallest absolute Gasteiger partial charge is 0.285 e. The van der Waals surface area contributed by atoms with E-state index in [1.807, 2.05) is 30.3 Å².